The minimum Gasteiger partial charge on any atom is -0.483 e. The summed E-state index contributed by atoms with van der Waals surface area (Å²) in [4.78, 5) is 0. The van der Waals surface area contributed by atoms with Gasteiger partial charge in [0.2, 0.25) is 0 Å². The van der Waals surface area contributed by atoms with Gasteiger partial charge in [-0.25, -0.2) is 4.39 Å². The zero-order valence-electron chi connectivity index (χ0n) is 9.64. The van der Waals surface area contributed by atoms with Crippen molar-refractivity contribution in [3.05, 3.63) is 64.9 Å². The maximum atomic E-state index is 12.9. The number of hydrogen-bond acceptors (Lipinski definition) is 2. The molecule has 0 spiro atoms. The predicted molar refractivity (Wildman–Crippen MR) is 70.3 cm³/mol. The Bertz CT molecular complexity index is 518. The molecule has 0 bridgehead atoms. The Hall–Kier alpha value is -1.58. The molecule has 0 amide bonds. The van der Waals surface area contributed by atoms with Crippen LogP contribution in [0.15, 0.2) is 48.5 Å². The van der Waals surface area contributed by atoms with Gasteiger partial charge in [-0.2, -0.15) is 0 Å². The molecule has 4 heteroatoms. The monoisotopic (exact) mass is 265 g/mol. The van der Waals surface area contributed by atoms with Crippen molar-refractivity contribution >= 4 is 11.6 Å². The zero-order chi connectivity index (χ0) is 13.0. The van der Waals surface area contributed by atoms with Crippen molar-refractivity contribution < 1.29 is 9.13 Å². The zero-order valence-corrected chi connectivity index (χ0v) is 10.4. The molecule has 0 radical (unpaired) electrons. The van der Waals surface area contributed by atoms with E-state index in [9.17, 15) is 4.39 Å². The van der Waals surface area contributed by atoms with Crippen molar-refractivity contribution in [1.29, 1.82) is 0 Å². The van der Waals surface area contributed by atoms with Gasteiger partial charge in [0, 0.05) is 6.54 Å². The quantitative estimate of drug-likeness (QED) is 0.917. The highest BCUT2D eigenvalue weighted by molar-refractivity contribution is 6.32. The summed E-state index contributed by atoms with van der Waals surface area (Å²) in [7, 11) is 0. The van der Waals surface area contributed by atoms with E-state index in [-0.39, 0.29) is 11.1 Å². The van der Waals surface area contributed by atoms with Gasteiger partial charge in [0.15, 0.2) is 0 Å². The molecule has 0 saturated heterocycles. The van der Waals surface area contributed by atoms with Crippen LogP contribution >= 0.6 is 11.6 Å². The van der Waals surface area contributed by atoms with Crippen LogP contribution in [-0.2, 0) is 0 Å². The lowest BCUT2D eigenvalue weighted by Gasteiger charge is -2.18. The van der Waals surface area contributed by atoms with Crippen LogP contribution in [0.4, 0.5) is 4.39 Å². The van der Waals surface area contributed by atoms with Gasteiger partial charge in [-0.05, 0) is 23.8 Å². The average molecular weight is 266 g/mol. The van der Waals surface area contributed by atoms with Gasteiger partial charge in [0.05, 0.1) is 5.02 Å². The molecule has 2 nitrogen and oxygen atoms in total. The molecule has 2 aromatic rings. The van der Waals surface area contributed by atoms with Crippen LogP contribution in [0.1, 0.15) is 11.7 Å². The lowest BCUT2D eigenvalue weighted by atomic mass is 10.1. The van der Waals surface area contributed by atoms with Gasteiger partial charge in [-0.15, -0.1) is 0 Å². The van der Waals surface area contributed by atoms with Crippen LogP contribution in [0.5, 0.6) is 5.75 Å². The number of hydrogen-bond donors (Lipinski definition) is 1. The van der Waals surface area contributed by atoms with Gasteiger partial charge in [-0.1, -0.05) is 41.9 Å². The van der Waals surface area contributed by atoms with Crippen molar-refractivity contribution in [2.45, 2.75) is 6.10 Å². The minimum absolute atomic E-state index is 0.240. The van der Waals surface area contributed by atoms with Crippen molar-refractivity contribution in [2.24, 2.45) is 5.73 Å². The summed E-state index contributed by atoms with van der Waals surface area (Å²) in [6.07, 6.45) is -0.297. The van der Waals surface area contributed by atoms with E-state index in [1.165, 1.54) is 18.2 Å². The molecule has 18 heavy (non-hydrogen) atoms. The first-order valence-electron chi connectivity index (χ1n) is 5.57. The van der Waals surface area contributed by atoms with Crippen LogP contribution in [0.25, 0.3) is 0 Å². The van der Waals surface area contributed by atoms with E-state index in [2.05, 4.69) is 0 Å². The lowest BCUT2D eigenvalue weighted by Crippen LogP contribution is -2.18. The van der Waals surface area contributed by atoms with E-state index in [1.54, 1.807) is 0 Å². The second-order valence-corrected chi connectivity index (χ2v) is 4.23. The third-order valence-electron chi connectivity index (χ3n) is 2.55. The summed E-state index contributed by atoms with van der Waals surface area (Å²) >= 11 is 5.91. The highest BCUT2D eigenvalue weighted by atomic mass is 35.5. The second-order valence-electron chi connectivity index (χ2n) is 3.83. The van der Waals surface area contributed by atoms with Crippen molar-refractivity contribution in [2.75, 3.05) is 6.54 Å². The fraction of sp³-hybridized carbons (Fsp3) is 0.143. The number of rotatable bonds is 4. The molecule has 94 valence electrons. The van der Waals surface area contributed by atoms with Crippen molar-refractivity contribution in [1.82, 2.24) is 0 Å². The molecule has 2 aromatic carbocycles. The number of benzene rings is 2. The number of nitrogens with two attached hydrogens (primary N) is 1. The Morgan fingerprint density at radius 1 is 1.17 bits per heavy atom. The summed E-state index contributed by atoms with van der Waals surface area (Å²) in [5.74, 6) is 0.0359. The molecule has 0 aromatic heterocycles. The first kappa shape index (κ1) is 12.9. The summed E-state index contributed by atoms with van der Waals surface area (Å²) in [5.41, 5.74) is 6.65. The van der Waals surface area contributed by atoms with Gasteiger partial charge in [0.25, 0.3) is 0 Å². The van der Waals surface area contributed by atoms with Gasteiger partial charge < -0.3 is 10.5 Å². The normalized spacial score (nSPS) is 12.2. The molecule has 2 rings (SSSR count). The predicted octanol–water partition coefficient (Wildman–Crippen LogP) is 3.56. The summed E-state index contributed by atoms with van der Waals surface area (Å²) in [6.45, 7) is 0.317. The van der Waals surface area contributed by atoms with E-state index >= 15 is 0 Å². The molecular weight excluding hydrogens is 253 g/mol. The van der Waals surface area contributed by atoms with Crippen molar-refractivity contribution in [3.63, 3.8) is 0 Å². The Balaban J connectivity index is 2.21. The molecule has 0 heterocycles. The molecular formula is C14H13ClFNO. The fourth-order valence-electron chi connectivity index (χ4n) is 1.64. The molecule has 0 saturated carbocycles. The molecule has 1 atom stereocenters. The van der Waals surface area contributed by atoms with Crippen LogP contribution in [0.2, 0.25) is 5.02 Å². The van der Waals surface area contributed by atoms with Crippen LogP contribution in [-0.4, -0.2) is 6.54 Å². The Morgan fingerprint density at radius 2 is 1.89 bits per heavy atom. The van der Waals surface area contributed by atoms with Crippen LogP contribution in [0, 0.1) is 5.82 Å². The van der Waals surface area contributed by atoms with Crippen LogP contribution in [0.3, 0.4) is 0 Å². The molecule has 2 N–H and O–H groups in total. The number of halogens is 2. The Kier molecular flexibility index (Phi) is 4.18. The second kappa shape index (κ2) is 5.85. The Labute approximate surface area is 110 Å². The lowest BCUT2D eigenvalue weighted by molar-refractivity contribution is 0.214. The van der Waals surface area contributed by atoms with Crippen LogP contribution < -0.4 is 10.5 Å². The van der Waals surface area contributed by atoms with E-state index in [0.29, 0.717) is 12.3 Å². The maximum Gasteiger partial charge on any atom is 0.139 e. The standard InChI is InChI=1S/C14H13ClFNO/c15-12-8-11(16)6-7-13(12)18-14(9-17)10-4-2-1-3-5-10/h1-8,14H,9,17H2. The van der Waals surface area contributed by atoms with E-state index < -0.39 is 5.82 Å². The molecule has 0 aliphatic carbocycles. The van der Waals surface area contributed by atoms with E-state index in [0.717, 1.165) is 5.56 Å². The van der Waals surface area contributed by atoms with Gasteiger partial charge >= 0.3 is 0 Å². The third-order valence-corrected chi connectivity index (χ3v) is 2.84. The largest absolute Gasteiger partial charge is 0.483 e. The van der Waals surface area contributed by atoms with Gasteiger partial charge in [0.1, 0.15) is 17.7 Å². The first-order chi connectivity index (χ1) is 8.70. The highest BCUT2D eigenvalue weighted by Crippen LogP contribution is 2.29. The van der Waals surface area contributed by atoms with E-state index in [4.69, 9.17) is 22.1 Å². The van der Waals surface area contributed by atoms with Gasteiger partial charge in [-0.3, -0.25) is 0 Å². The molecule has 0 aliphatic heterocycles. The summed E-state index contributed by atoms with van der Waals surface area (Å²) in [5, 5.41) is 0.240. The maximum absolute atomic E-state index is 12.9. The average Bonchev–Trinajstić information content (AvgIpc) is 2.39. The molecule has 0 aliphatic rings. The smallest absolute Gasteiger partial charge is 0.139 e. The minimum atomic E-state index is -0.392. The fourth-order valence-corrected chi connectivity index (χ4v) is 1.86. The Morgan fingerprint density at radius 3 is 2.50 bits per heavy atom. The summed E-state index contributed by atoms with van der Waals surface area (Å²) < 4.78 is 18.6. The van der Waals surface area contributed by atoms with Crippen molar-refractivity contribution in [3.8, 4) is 5.75 Å². The molecule has 0 fully saturated rings. The first-order valence-corrected chi connectivity index (χ1v) is 5.95. The molecule has 1 unspecified atom stereocenters. The highest BCUT2D eigenvalue weighted by Gasteiger charge is 2.13. The third kappa shape index (κ3) is 3.00. The summed E-state index contributed by atoms with van der Waals surface area (Å²) in [6, 6.07) is 13.6. The number of ether oxygens (including phenoxy) is 1. The topological polar surface area (TPSA) is 35.2 Å². The SMILES string of the molecule is NCC(Oc1ccc(F)cc1Cl)c1ccccc1. The van der Waals surface area contributed by atoms with E-state index in [1.807, 2.05) is 30.3 Å².